The van der Waals surface area contributed by atoms with Gasteiger partial charge in [0.2, 0.25) is 0 Å². The molecule has 0 saturated carbocycles. The van der Waals surface area contributed by atoms with E-state index in [0.29, 0.717) is 38.0 Å². The number of aryl methyl sites for hydroxylation is 1. The van der Waals surface area contributed by atoms with Crippen LogP contribution in [0.3, 0.4) is 0 Å². The summed E-state index contributed by atoms with van der Waals surface area (Å²) in [5.41, 5.74) is 1.64. The van der Waals surface area contributed by atoms with Crippen LogP contribution in [-0.4, -0.2) is 69.3 Å². The molecule has 2 unspecified atom stereocenters. The third-order valence-electron chi connectivity index (χ3n) is 5.05. The number of nitrogens with zero attached hydrogens (tertiary/aromatic N) is 5. The van der Waals surface area contributed by atoms with Gasteiger partial charge >= 0.3 is 0 Å². The van der Waals surface area contributed by atoms with Gasteiger partial charge in [-0.2, -0.15) is 10.2 Å². The molecule has 2 saturated heterocycles. The van der Waals surface area contributed by atoms with Gasteiger partial charge in [0.1, 0.15) is 5.69 Å². The summed E-state index contributed by atoms with van der Waals surface area (Å²) in [5, 5.41) is 12.2. The Labute approximate surface area is 165 Å². The van der Waals surface area contributed by atoms with E-state index in [4.69, 9.17) is 4.74 Å². The fraction of sp³-hybridized carbons (Fsp3) is 0.611. The van der Waals surface area contributed by atoms with Crippen LogP contribution in [0.1, 0.15) is 34.9 Å². The van der Waals surface area contributed by atoms with Crippen molar-refractivity contribution >= 4 is 18.3 Å². The van der Waals surface area contributed by atoms with Gasteiger partial charge in [-0.3, -0.25) is 14.2 Å². The molecule has 2 atom stereocenters. The fourth-order valence-electron chi connectivity index (χ4n) is 3.67. The zero-order chi connectivity index (χ0) is 17.9. The molecule has 1 amide bonds. The lowest BCUT2D eigenvalue weighted by Crippen LogP contribution is -2.47. The summed E-state index contributed by atoms with van der Waals surface area (Å²) in [6.07, 6.45) is 7.95. The highest BCUT2D eigenvalue weighted by atomic mass is 35.5. The second-order valence-corrected chi connectivity index (χ2v) is 7.16. The van der Waals surface area contributed by atoms with Gasteiger partial charge in [0.15, 0.2) is 0 Å². The molecular formula is C18H27ClN6O2. The molecule has 0 bridgehead atoms. The molecule has 0 radical (unpaired) electrons. The number of halogens is 1. The smallest absolute Gasteiger partial charge is 0.274 e. The van der Waals surface area contributed by atoms with Crippen LogP contribution in [0.15, 0.2) is 24.7 Å². The number of aromatic nitrogens is 4. The van der Waals surface area contributed by atoms with Crippen molar-refractivity contribution in [1.82, 2.24) is 29.8 Å². The standard InChI is InChI=1S/C18H26N6O2.ClH/c1-14-9-20-23(11-14)13-16-12-22(7-8-26-16)18(25)17-4-6-24(21-17)15-3-2-5-19-10-15;/h4,6,9,11,15-16,19H,2-3,5,7-8,10,12-13H2,1H3;1H. The highest BCUT2D eigenvalue weighted by Crippen LogP contribution is 2.17. The highest BCUT2D eigenvalue weighted by molar-refractivity contribution is 5.92. The number of rotatable bonds is 4. The molecule has 9 heteroatoms. The summed E-state index contributed by atoms with van der Waals surface area (Å²) in [6, 6.07) is 2.17. The van der Waals surface area contributed by atoms with Crippen molar-refractivity contribution in [3.63, 3.8) is 0 Å². The van der Waals surface area contributed by atoms with Gasteiger partial charge in [0, 0.05) is 32.0 Å². The molecule has 0 spiro atoms. The average Bonchev–Trinajstić information content (AvgIpc) is 3.31. The van der Waals surface area contributed by atoms with Crippen LogP contribution in [0.4, 0.5) is 0 Å². The maximum absolute atomic E-state index is 12.9. The zero-order valence-corrected chi connectivity index (χ0v) is 16.4. The molecule has 8 nitrogen and oxygen atoms in total. The van der Waals surface area contributed by atoms with Crippen molar-refractivity contribution in [3.05, 3.63) is 35.9 Å². The van der Waals surface area contributed by atoms with E-state index in [9.17, 15) is 4.79 Å². The van der Waals surface area contributed by atoms with Gasteiger partial charge in [0.25, 0.3) is 5.91 Å². The molecule has 0 aliphatic carbocycles. The predicted octanol–water partition coefficient (Wildman–Crippen LogP) is 1.28. The number of nitrogens with one attached hydrogen (secondary N) is 1. The van der Waals surface area contributed by atoms with Crippen LogP contribution in [-0.2, 0) is 11.3 Å². The third-order valence-corrected chi connectivity index (χ3v) is 5.05. The van der Waals surface area contributed by atoms with Gasteiger partial charge in [0.05, 0.1) is 31.5 Å². The Hall–Kier alpha value is -1.90. The fourth-order valence-corrected chi connectivity index (χ4v) is 3.67. The van der Waals surface area contributed by atoms with Crippen molar-refractivity contribution in [2.45, 2.75) is 38.5 Å². The molecule has 1 N–H and O–H groups in total. The van der Waals surface area contributed by atoms with Crippen LogP contribution < -0.4 is 5.32 Å². The van der Waals surface area contributed by atoms with Crippen LogP contribution in [0.5, 0.6) is 0 Å². The number of hydrogen-bond donors (Lipinski definition) is 1. The number of hydrogen-bond acceptors (Lipinski definition) is 5. The lowest BCUT2D eigenvalue weighted by atomic mass is 10.1. The minimum Gasteiger partial charge on any atom is -0.373 e. The van der Waals surface area contributed by atoms with E-state index in [2.05, 4.69) is 15.5 Å². The monoisotopic (exact) mass is 394 g/mol. The lowest BCUT2D eigenvalue weighted by molar-refractivity contribution is -0.0302. The molecule has 2 fully saturated rings. The molecule has 4 rings (SSSR count). The van der Waals surface area contributed by atoms with Crippen molar-refractivity contribution in [3.8, 4) is 0 Å². The maximum Gasteiger partial charge on any atom is 0.274 e. The van der Waals surface area contributed by atoms with Crippen molar-refractivity contribution < 1.29 is 9.53 Å². The Kier molecular flexibility index (Phi) is 6.51. The molecule has 4 heterocycles. The first-order valence-electron chi connectivity index (χ1n) is 9.35. The first kappa shape index (κ1) is 19.9. The van der Waals surface area contributed by atoms with Gasteiger partial charge < -0.3 is 15.0 Å². The predicted molar refractivity (Wildman–Crippen MR) is 103 cm³/mol. The van der Waals surface area contributed by atoms with Gasteiger partial charge in [-0.15, -0.1) is 12.4 Å². The zero-order valence-electron chi connectivity index (χ0n) is 15.6. The van der Waals surface area contributed by atoms with E-state index < -0.39 is 0 Å². The van der Waals surface area contributed by atoms with Crippen LogP contribution in [0.25, 0.3) is 0 Å². The lowest BCUT2D eigenvalue weighted by Gasteiger charge is -2.32. The second-order valence-electron chi connectivity index (χ2n) is 7.16. The van der Waals surface area contributed by atoms with Crippen molar-refractivity contribution in [2.75, 3.05) is 32.8 Å². The van der Waals surface area contributed by atoms with Crippen LogP contribution >= 0.6 is 12.4 Å². The molecule has 2 aliphatic rings. The Morgan fingerprint density at radius 3 is 3.07 bits per heavy atom. The SMILES string of the molecule is Cc1cnn(CC2CN(C(=O)c3ccn(C4CCCNC4)n3)CCO2)c1.Cl. The number of piperidine rings is 1. The van der Waals surface area contributed by atoms with Crippen LogP contribution in [0.2, 0.25) is 0 Å². The average molecular weight is 395 g/mol. The molecule has 2 aromatic rings. The molecule has 2 aromatic heterocycles. The summed E-state index contributed by atoms with van der Waals surface area (Å²) >= 11 is 0. The quantitative estimate of drug-likeness (QED) is 0.845. The van der Waals surface area contributed by atoms with Crippen molar-refractivity contribution in [2.24, 2.45) is 0 Å². The first-order valence-corrected chi connectivity index (χ1v) is 9.35. The van der Waals surface area contributed by atoms with E-state index >= 15 is 0 Å². The van der Waals surface area contributed by atoms with Gasteiger partial charge in [-0.25, -0.2) is 0 Å². The number of morpholine rings is 1. The Morgan fingerprint density at radius 2 is 2.33 bits per heavy atom. The minimum absolute atomic E-state index is 0. The number of amides is 1. The number of ether oxygens (including phenoxy) is 1. The van der Waals surface area contributed by atoms with Crippen LogP contribution in [0, 0.1) is 6.92 Å². The Balaban J connectivity index is 0.00000210. The molecule has 148 valence electrons. The van der Waals surface area contributed by atoms with E-state index in [1.54, 1.807) is 0 Å². The third kappa shape index (κ3) is 4.69. The van der Waals surface area contributed by atoms with E-state index in [-0.39, 0.29) is 24.4 Å². The summed E-state index contributed by atoms with van der Waals surface area (Å²) in [7, 11) is 0. The van der Waals surface area contributed by atoms with E-state index in [1.807, 2.05) is 45.8 Å². The summed E-state index contributed by atoms with van der Waals surface area (Å²) in [4.78, 5) is 14.7. The summed E-state index contributed by atoms with van der Waals surface area (Å²) < 4.78 is 9.63. The second kappa shape index (κ2) is 8.86. The molecule has 0 aromatic carbocycles. The Morgan fingerprint density at radius 1 is 1.44 bits per heavy atom. The van der Waals surface area contributed by atoms with Crippen molar-refractivity contribution in [1.29, 1.82) is 0 Å². The number of carbonyl (C=O) groups excluding carboxylic acids is 1. The maximum atomic E-state index is 12.9. The highest BCUT2D eigenvalue weighted by Gasteiger charge is 2.27. The number of carbonyl (C=O) groups is 1. The molecule has 27 heavy (non-hydrogen) atoms. The first-order chi connectivity index (χ1) is 12.7. The summed E-state index contributed by atoms with van der Waals surface area (Å²) in [6.45, 7) is 6.36. The normalized spacial score (nSPS) is 23.1. The van der Waals surface area contributed by atoms with E-state index in [0.717, 1.165) is 31.5 Å². The topological polar surface area (TPSA) is 77.2 Å². The van der Waals surface area contributed by atoms with Gasteiger partial charge in [-0.05, 0) is 37.9 Å². The molecular weight excluding hydrogens is 368 g/mol. The van der Waals surface area contributed by atoms with E-state index in [1.165, 1.54) is 0 Å². The summed E-state index contributed by atoms with van der Waals surface area (Å²) in [5.74, 6) is -0.0162. The minimum atomic E-state index is -0.0448. The van der Waals surface area contributed by atoms with Gasteiger partial charge in [-0.1, -0.05) is 0 Å². The largest absolute Gasteiger partial charge is 0.373 e. The molecule has 2 aliphatic heterocycles. The Bertz CT molecular complexity index is 755.